The maximum atomic E-state index is 11.8. The number of carbonyl (C=O) groups is 2. The summed E-state index contributed by atoms with van der Waals surface area (Å²) in [5, 5.41) is 15.8. The number of carboxylic acid groups (broad SMARTS) is 1. The Bertz CT molecular complexity index is 869. The van der Waals surface area contributed by atoms with Crippen molar-refractivity contribution in [3.8, 4) is 5.75 Å². The summed E-state index contributed by atoms with van der Waals surface area (Å²) >= 11 is 0. The van der Waals surface area contributed by atoms with Gasteiger partial charge in [-0.1, -0.05) is 12.1 Å². The predicted octanol–water partition coefficient (Wildman–Crippen LogP) is 0.449. The second kappa shape index (κ2) is 9.83. The van der Waals surface area contributed by atoms with E-state index in [2.05, 4.69) is 25.6 Å². The number of carbonyl (C=O) groups excluding carboxylic acids is 1. The molecule has 2 heterocycles. The van der Waals surface area contributed by atoms with Crippen LogP contribution in [0.15, 0.2) is 30.6 Å². The first kappa shape index (κ1) is 21.2. The molecular formula is C19H25N7O4. The molecule has 0 saturated carbocycles. The van der Waals surface area contributed by atoms with Crippen molar-refractivity contribution >= 4 is 24.0 Å². The number of amides is 1. The molecule has 1 saturated heterocycles. The fourth-order valence-electron chi connectivity index (χ4n) is 2.85. The number of benzene rings is 1. The van der Waals surface area contributed by atoms with E-state index in [0.717, 1.165) is 31.7 Å². The first-order chi connectivity index (χ1) is 14.4. The fraction of sp³-hybridized carbons (Fsp3) is 0.421. The molecule has 30 heavy (non-hydrogen) atoms. The molecule has 2 aromatic rings. The van der Waals surface area contributed by atoms with Gasteiger partial charge in [-0.2, -0.15) is 4.98 Å². The molecule has 0 radical (unpaired) electrons. The van der Waals surface area contributed by atoms with E-state index in [0.29, 0.717) is 11.7 Å². The summed E-state index contributed by atoms with van der Waals surface area (Å²) in [5.74, 6) is 0.0883. The van der Waals surface area contributed by atoms with Crippen molar-refractivity contribution < 1.29 is 19.4 Å². The lowest BCUT2D eigenvalue weighted by atomic mass is 10.1. The molecule has 0 bridgehead atoms. The minimum Gasteiger partial charge on any atom is -0.480 e. The molecule has 3 rings (SSSR count). The predicted molar refractivity (Wildman–Crippen MR) is 110 cm³/mol. The molecule has 1 aliphatic rings. The summed E-state index contributed by atoms with van der Waals surface area (Å²) in [5.41, 5.74) is 0.760. The SMILES string of the molecule is CN(C)C(=O)Oc1ccc(C[C@H](Nc2ncnc(N3CCNCC3)n2)C(=O)O)cc1. The molecule has 1 amide bonds. The zero-order valence-corrected chi connectivity index (χ0v) is 16.9. The van der Waals surface area contributed by atoms with Crippen LogP contribution in [0.1, 0.15) is 5.56 Å². The highest BCUT2D eigenvalue weighted by atomic mass is 16.6. The molecule has 3 N–H and O–H groups in total. The van der Waals surface area contributed by atoms with Crippen LogP contribution < -0.4 is 20.3 Å². The standard InChI is InChI=1S/C19H25N7O4/c1-25(2)19(29)30-14-5-3-13(4-6-14)11-15(16(27)28)23-17-21-12-22-18(24-17)26-9-7-20-8-10-26/h3-6,12,15,20H,7-11H2,1-2H3,(H,27,28)(H,21,22,23,24)/t15-/m0/s1. The average molecular weight is 415 g/mol. The van der Waals surface area contributed by atoms with E-state index in [1.807, 2.05) is 4.90 Å². The van der Waals surface area contributed by atoms with Crippen molar-refractivity contribution in [3.05, 3.63) is 36.2 Å². The molecule has 160 valence electrons. The summed E-state index contributed by atoms with van der Waals surface area (Å²) in [6.07, 6.45) is 1.09. The number of hydrogen-bond acceptors (Lipinski definition) is 9. The van der Waals surface area contributed by atoms with Gasteiger partial charge in [-0.25, -0.2) is 19.6 Å². The lowest BCUT2D eigenvalue weighted by Crippen LogP contribution is -2.44. The quantitative estimate of drug-likeness (QED) is 0.585. The minimum absolute atomic E-state index is 0.200. The number of rotatable bonds is 7. The van der Waals surface area contributed by atoms with E-state index < -0.39 is 18.1 Å². The molecule has 11 nitrogen and oxygen atoms in total. The largest absolute Gasteiger partial charge is 0.480 e. The Balaban J connectivity index is 1.65. The highest BCUT2D eigenvalue weighted by Gasteiger charge is 2.21. The highest BCUT2D eigenvalue weighted by Crippen LogP contribution is 2.16. The average Bonchev–Trinajstić information content (AvgIpc) is 2.75. The number of aliphatic carboxylic acids is 1. The number of anilines is 2. The van der Waals surface area contributed by atoms with Crippen molar-refractivity contribution in [1.82, 2.24) is 25.2 Å². The summed E-state index contributed by atoms with van der Waals surface area (Å²) in [4.78, 5) is 39.3. The normalized spacial score (nSPS) is 14.7. The molecule has 1 aromatic carbocycles. The molecule has 1 atom stereocenters. The van der Waals surface area contributed by atoms with Crippen molar-refractivity contribution in [2.45, 2.75) is 12.5 Å². The van der Waals surface area contributed by atoms with Crippen LogP contribution in [-0.2, 0) is 11.2 Å². The van der Waals surface area contributed by atoms with Crippen LogP contribution >= 0.6 is 0 Å². The second-order valence-electron chi connectivity index (χ2n) is 6.99. The van der Waals surface area contributed by atoms with Crippen LogP contribution in [0.5, 0.6) is 5.75 Å². The van der Waals surface area contributed by atoms with Gasteiger partial charge in [0.05, 0.1) is 0 Å². The molecule has 1 aromatic heterocycles. The molecule has 1 fully saturated rings. The Morgan fingerprint density at radius 1 is 1.23 bits per heavy atom. The van der Waals surface area contributed by atoms with Crippen molar-refractivity contribution in [2.24, 2.45) is 0 Å². The van der Waals surface area contributed by atoms with Gasteiger partial charge in [0.2, 0.25) is 11.9 Å². The number of aromatic nitrogens is 3. The van der Waals surface area contributed by atoms with Crippen LogP contribution in [0.2, 0.25) is 0 Å². The van der Waals surface area contributed by atoms with Crippen LogP contribution in [0, 0.1) is 0 Å². The number of nitrogens with zero attached hydrogens (tertiary/aromatic N) is 5. The van der Waals surface area contributed by atoms with Gasteiger partial charge in [-0.05, 0) is 17.7 Å². The van der Waals surface area contributed by atoms with Crippen LogP contribution in [0.25, 0.3) is 0 Å². The van der Waals surface area contributed by atoms with E-state index in [9.17, 15) is 14.7 Å². The Morgan fingerprint density at radius 2 is 1.93 bits per heavy atom. The van der Waals surface area contributed by atoms with Crippen LogP contribution in [0.3, 0.4) is 0 Å². The van der Waals surface area contributed by atoms with Crippen LogP contribution in [0.4, 0.5) is 16.7 Å². The Labute approximate surface area is 174 Å². The van der Waals surface area contributed by atoms with E-state index in [1.165, 1.54) is 11.2 Å². The first-order valence-electron chi connectivity index (χ1n) is 9.54. The van der Waals surface area contributed by atoms with Crippen LogP contribution in [-0.4, -0.2) is 83.3 Å². The van der Waals surface area contributed by atoms with Gasteiger partial charge >= 0.3 is 12.1 Å². The van der Waals surface area contributed by atoms with Crippen molar-refractivity contribution in [2.75, 3.05) is 50.5 Å². The maximum Gasteiger partial charge on any atom is 0.414 e. The molecule has 0 spiro atoms. The van der Waals surface area contributed by atoms with Gasteiger partial charge in [-0.15, -0.1) is 0 Å². The summed E-state index contributed by atoms with van der Waals surface area (Å²) in [6.45, 7) is 3.23. The molecule has 0 aliphatic carbocycles. The fourth-order valence-corrected chi connectivity index (χ4v) is 2.85. The van der Waals surface area contributed by atoms with Gasteiger partial charge in [0.1, 0.15) is 18.1 Å². The summed E-state index contributed by atoms with van der Waals surface area (Å²) in [7, 11) is 3.18. The van der Waals surface area contributed by atoms with Gasteiger partial charge in [0.15, 0.2) is 0 Å². The zero-order valence-electron chi connectivity index (χ0n) is 16.9. The molecule has 1 aliphatic heterocycles. The van der Waals surface area contributed by atoms with E-state index in [-0.39, 0.29) is 12.4 Å². The third kappa shape index (κ3) is 5.77. The zero-order chi connectivity index (χ0) is 21.5. The first-order valence-corrected chi connectivity index (χ1v) is 9.54. The third-order valence-corrected chi connectivity index (χ3v) is 4.49. The molecular weight excluding hydrogens is 390 g/mol. The molecule has 0 unspecified atom stereocenters. The van der Waals surface area contributed by atoms with Crippen molar-refractivity contribution in [3.63, 3.8) is 0 Å². The maximum absolute atomic E-state index is 11.8. The second-order valence-corrected chi connectivity index (χ2v) is 6.99. The van der Waals surface area contributed by atoms with E-state index in [1.54, 1.807) is 38.4 Å². The number of hydrogen-bond donors (Lipinski definition) is 3. The van der Waals surface area contributed by atoms with E-state index >= 15 is 0 Å². The Hall–Kier alpha value is -3.47. The third-order valence-electron chi connectivity index (χ3n) is 4.49. The van der Waals surface area contributed by atoms with Gasteiger partial charge in [0.25, 0.3) is 0 Å². The monoisotopic (exact) mass is 415 g/mol. The summed E-state index contributed by atoms with van der Waals surface area (Å²) in [6, 6.07) is 5.76. The molecule has 11 heteroatoms. The lowest BCUT2D eigenvalue weighted by Gasteiger charge is -2.27. The topological polar surface area (TPSA) is 133 Å². The van der Waals surface area contributed by atoms with Gasteiger partial charge < -0.3 is 30.3 Å². The summed E-state index contributed by atoms with van der Waals surface area (Å²) < 4.78 is 5.17. The smallest absolute Gasteiger partial charge is 0.414 e. The van der Waals surface area contributed by atoms with Gasteiger partial charge in [-0.3, -0.25) is 0 Å². The number of ether oxygens (including phenoxy) is 1. The highest BCUT2D eigenvalue weighted by molar-refractivity contribution is 5.77. The minimum atomic E-state index is -1.03. The van der Waals surface area contributed by atoms with Crippen molar-refractivity contribution in [1.29, 1.82) is 0 Å². The number of carboxylic acids is 1. The van der Waals surface area contributed by atoms with Gasteiger partial charge in [0, 0.05) is 46.7 Å². The van der Waals surface area contributed by atoms with E-state index in [4.69, 9.17) is 4.74 Å². The Morgan fingerprint density at radius 3 is 2.57 bits per heavy atom. The lowest BCUT2D eigenvalue weighted by molar-refractivity contribution is -0.137. The number of piperazine rings is 1. The Kier molecular flexibility index (Phi) is 6.96. The number of nitrogens with one attached hydrogen (secondary N) is 2.